The van der Waals surface area contributed by atoms with Crippen molar-refractivity contribution in [3.05, 3.63) is 29.8 Å². The standard InChI is InChI=1S/C9H13NO3/c10-7-3-1-6(2-4-7)9(13)8(12)5-11/h1-4,8-9,11-13H,5,10H2/t8-,9+/m1/s1. The van der Waals surface area contributed by atoms with E-state index >= 15 is 0 Å². The van der Waals surface area contributed by atoms with E-state index in [2.05, 4.69) is 0 Å². The Hall–Kier alpha value is -1.10. The van der Waals surface area contributed by atoms with Gasteiger partial charge in [-0.1, -0.05) is 12.1 Å². The highest BCUT2D eigenvalue weighted by Crippen LogP contribution is 2.17. The van der Waals surface area contributed by atoms with Gasteiger partial charge in [0.15, 0.2) is 0 Å². The monoisotopic (exact) mass is 183 g/mol. The van der Waals surface area contributed by atoms with E-state index in [-0.39, 0.29) is 0 Å². The van der Waals surface area contributed by atoms with Crippen molar-refractivity contribution < 1.29 is 15.3 Å². The van der Waals surface area contributed by atoms with Crippen LogP contribution < -0.4 is 5.73 Å². The summed E-state index contributed by atoms with van der Waals surface area (Å²) >= 11 is 0. The van der Waals surface area contributed by atoms with Gasteiger partial charge in [0, 0.05) is 5.69 Å². The third-order valence-corrected chi connectivity index (χ3v) is 1.83. The maximum Gasteiger partial charge on any atom is 0.107 e. The Morgan fingerprint density at radius 3 is 2.15 bits per heavy atom. The van der Waals surface area contributed by atoms with Crippen LogP contribution in [0.2, 0.25) is 0 Å². The van der Waals surface area contributed by atoms with E-state index in [9.17, 15) is 5.11 Å². The number of aliphatic hydroxyl groups is 3. The van der Waals surface area contributed by atoms with E-state index in [0.717, 1.165) is 0 Å². The molecule has 0 saturated carbocycles. The molecule has 0 aliphatic heterocycles. The van der Waals surface area contributed by atoms with Crippen LogP contribution in [-0.2, 0) is 0 Å². The van der Waals surface area contributed by atoms with Crippen LogP contribution >= 0.6 is 0 Å². The van der Waals surface area contributed by atoms with E-state index in [4.69, 9.17) is 15.9 Å². The zero-order valence-corrected chi connectivity index (χ0v) is 7.09. The number of benzene rings is 1. The van der Waals surface area contributed by atoms with Crippen LogP contribution in [0.3, 0.4) is 0 Å². The topological polar surface area (TPSA) is 86.7 Å². The predicted molar refractivity (Wildman–Crippen MR) is 48.9 cm³/mol. The zero-order valence-electron chi connectivity index (χ0n) is 7.09. The van der Waals surface area contributed by atoms with Gasteiger partial charge in [-0.25, -0.2) is 0 Å². The fourth-order valence-electron chi connectivity index (χ4n) is 1.02. The zero-order chi connectivity index (χ0) is 9.84. The fraction of sp³-hybridized carbons (Fsp3) is 0.333. The Labute approximate surface area is 76.2 Å². The third-order valence-electron chi connectivity index (χ3n) is 1.83. The maximum atomic E-state index is 9.43. The van der Waals surface area contributed by atoms with E-state index < -0.39 is 18.8 Å². The molecule has 13 heavy (non-hydrogen) atoms. The van der Waals surface area contributed by atoms with Crippen LogP contribution in [0, 0.1) is 0 Å². The summed E-state index contributed by atoms with van der Waals surface area (Å²) in [6.45, 7) is -0.467. The van der Waals surface area contributed by atoms with Gasteiger partial charge in [-0.3, -0.25) is 0 Å². The first-order valence-electron chi connectivity index (χ1n) is 3.97. The molecule has 4 heteroatoms. The molecular formula is C9H13NO3. The molecular weight excluding hydrogens is 170 g/mol. The molecule has 0 aliphatic rings. The summed E-state index contributed by atoms with van der Waals surface area (Å²) in [6.07, 6.45) is -2.21. The number of nitrogens with two attached hydrogens (primary N) is 1. The summed E-state index contributed by atoms with van der Waals surface area (Å²) in [4.78, 5) is 0. The molecule has 0 aromatic heterocycles. The van der Waals surface area contributed by atoms with E-state index in [1.165, 1.54) is 0 Å². The number of aliphatic hydroxyl groups excluding tert-OH is 3. The van der Waals surface area contributed by atoms with Crippen LogP contribution in [0.15, 0.2) is 24.3 Å². The Balaban J connectivity index is 2.77. The average molecular weight is 183 g/mol. The molecule has 0 saturated heterocycles. The number of rotatable bonds is 3. The van der Waals surface area contributed by atoms with Gasteiger partial charge in [0.05, 0.1) is 6.61 Å². The molecule has 0 spiro atoms. The van der Waals surface area contributed by atoms with Gasteiger partial charge in [0.2, 0.25) is 0 Å². The summed E-state index contributed by atoms with van der Waals surface area (Å²) in [7, 11) is 0. The lowest BCUT2D eigenvalue weighted by molar-refractivity contribution is -0.0152. The van der Waals surface area contributed by atoms with Crippen molar-refractivity contribution in [1.29, 1.82) is 0 Å². The average Bonchev–Trinajstić information content (AvgIpc) is 2.17. The molecule has 5 N–H and O–H groups in total. The summed E-state index contributed by atoms with van der Waals surface area (Å²) < 4.78 is 0. The van der Waals surface area contributed by atoms with E-state index in [1.54, 1.807) is 24.3 Å². The van der Waals surface area contributed by atoms with Gasteiger partial charge in [0.1, 0.15) is 12.2 Å². The molecule has 0 amide bonds. The second kappa shape index (κ2) is 4.23. The summed E-state index contributed by atoms with van der Waals surface area (Å²) in [6, 6.07) is 6.48. The van der Waals surface area contributed by atoms with Crippen LogP contribution in [0.25, 0.3) is 0 Å². The van der Waals surface area contributed by atoms with E-state index in [0.29, 0.717) is 11.3 Å². The smallest absolute Gasteiger partial charge is 0.107 e. The first-order chi connectivity index (χ1) is 6.15. The molecule has 2 atom stereocenters. The SMILES string of the molecule is Nc1ccc([C@H](O)[C@H](O)CO)cc1. The molecule has 1 aromatic carbocycles. The first kappa shape index (κ1) is 9.98. The summed E-state index contributed by atoms with van der Waals surface area (Å²) in [5.41, 5.74) is 6.57. The van der Waals surface area contributed by atoms with Gasteiger partial charge >= 0.3 is 0 Å². The second-order valence-corrected chi connectivity index (χ2v) is 2.86. The molecule has 0 unspecified atom stereocenters. The van der Waals surface area contributed by atoms with Crippen molar-refractivity contribution in [3.8, 4) is 0 Å². The van der Waals surface area contributed by atoms with Gasteiger partial charge in [-0.15, -0.1) is 0 Å². The lowest BCUT2D eigenvalue weighted by Crippen LogP contribution is -2.21. The minimum absolute atomic E-state index is 0.467. The molecule has 4 nitrogen and oxygen atoms in total. The maximum absolute atomic E-state index is 9.43. The molecule has 1 rings (SSSR count). The molecule has 0 radical (unpaired) electrons. The Bertz CT molecular complexity index is 260. The predicted octanol–water partition coefficient (Wildman–Crippen LogP) is -0.345. The fourth-order valence-corrected chi connectivity index (χ4v) is 1.02. The highest BCUT2D eigenvalue weighted by atomic mass is 16.4. The van der Waals surface area contributed by atoms with Crippen molar-refractivity contribution in [2.75, 3.05) is 12.3 Å². The van der Waals surface area contributed by atoms with Gasteiger partial charge < -0.3 is 21.1 Å². The van der Waals surface area contributed by atoms with Crippen LogP contribution in [-0.4, -0.2) is 28.0 Å². The number of hydrogen-bond donors (Lipinski definition) is 4. The normalized spacial score (nSPS) is 15.3. The Kier molecular flexibility index (Phi) is 3.25. The lowest BCUT2D eigenvalue weighted by atomic mass is 10.0. The molecule has 0 bridgehead atoms. The van der Waals surface area contributed by atoms with E-state index in [1.807, 2.05) is 0 Å². The van der Waals surface area contributed by atoms with Crippen molar-refractivity contribution in [3.63, 3.8) is 0 Å². The molecule has 1 aromatic rings. The number of nitrogen functional groups attached to an aromatic ring is 1. The summed E-state index contributed by atoms with van der Waals surface area (Å²) in [5, 5.41) is 27.1. The minimum atomic E-state index is -1.15. The second-order valence-electron chi connectivity index (χ2n) is 2.86. The van der Waals surface area contributed by atoms with Gasteiger partial charge in [-0.05, 0) is 17.7 Å². The number of anilines is 1. The van der Waals surface area contributed by atoms with Crippen LogP contribution in [0.4, 0.5) is 5.69 Å². The molecule has 0 aliphatic carbocycles. The van der Waals surface area contributed by atoms with Crippen LogP contribution in [0.5, 0.6) is 0 Å². The Morgan fingerprint density at radius 2 is 1.69 bits per heavy atom. The number of hydrogen-bond acceptors (Lipinski definition) is 4. The lowest BCUT2D eigenvalue weighted by Gasteiger charge is -2.15. The highest BCUT2D eigenvalue weighted by Gasteiger charge is 2.16. The first-order valence-corrected chi connectivity index (χ1v) is 3.97. The summed E-state index contributed by atoms with van der Waals surface area (Å²) in [5.74, 6) is 0. The largest absolute Gasteiger partial charge is 0.399 e. The quantitative estimate of drug-likeness (QED) is 0.483. The van der Waals surface area contributed by atoms with Crippen molar-refractivity contribution in [2.45, 2.75) is 12.2 Å². The minimum Gasteiger partial charge on any atom is -0.399 e. The van der Waals surface area contributed by atoms with Crippen molar-refractivity contribution >= 4 is 5.69 Å². The molecule has 0 fully saturated rings. The van der Waals surface area contributed by atoms with Crippen LogP contribution in [0.1, 0.15) is 11.7 Å². The molecule has 72 valence electrons. The van der Waals surface area contributed by atoms with Crippen molar-refractivity contribution in [2.24, 2.45) is 0 Å². The third kappa shape index (κ3) is 2.42. The molecule has 0 heterocycles. The van der Waals surface area contributed by atoms with Crippen molar-refractivity contribution in [1.82, 2.24) is 0 Å². The Morgan fingerprint density at radius 1 is 1.15 bits per heavy atom. The van der Waals surface area contributed by atoms with Gasteiger partial charge in [-0.2, -0.15) is 0 Å². The van der Waals surface area contributed by atoms with Gasteiger partial charge in [0.25, 0.3) is 0 Å². The highest BCUT2D eigenvalue weighted by molar-refractivity contribution is 5.39.